The summed E-state index contributed by atoms with van der Waals surface area (Å²) in [5.41, 5.74) is 2.54. The molecule has 0 atom stereocenters. The average molecular weight is 262 g/mol. The molecule has 0 radical (unpaired) electrons. The van der Waals surface area contributed by atoms with Gasteiger partial charge in [0.1, 0.15) is 5.69 Å². The van der Waals surface area contributed by atoms with E-state index in [9.17, 15) is 0 Å². The fraction of sp³-hybridized carbons (Fsp3) is 0.200. The number of aryl methyl sites for hydroxylation is 1. The number of nitrogens with zero attached hydrogens (tertiary/aromatic N) is 2. The molecular formula is C10H7Cl3N2. The van der Waals surface area contributed by atoms with Crippen LogP contribution in [0.3, 0.4) is 0 Å². The van der Waals surface area contributed by atoms with Crippen LogP contribution in [0.2, 0.25) is 0 Å². The number of hydrogen-bond donors (Lipinski definition) is 0. The van der Waals surface area contributed by atoms with Gasteiger partial charge in [-0.15, -0.1) is 0 Å². The van der Waals surface area contributed by atoms with Gasteiger partial charge in [0.05, 0.1) is 16.7 Å². The molecule has 0 aliphatic rings. The van der Waals surface area contributed by atoms with Crippen molar-refractivity contribution in [3.63, 3.8) is 0 Å². The largest absolute Gasteiger partial charge is 0.249 e. The van der Waals surface area contributed by atoms with E-state index in [1.165, 1.54) is 0 Å². The van der Waals surface area contributed by atoms with E-state index in [1.54, 1.807) is 6.92 Å². The average Bonchev–Trinajstić information content (AvgIpc) is 2.15. The first-order valence-corrected chi connectivity index (χ1v) is 5.42. The first kappa shape index (κ1) is 10.9. The van der Waals surface area contributed by atoms with Crippen LogP contribution < -0.4 is 0 Å². The van der Waals surface area contributed by atoms with E-state index in [1.807, 2.05) is 24.3 Å². The number of halogens is 3. The van der Waals surface area contributed by atoms with E-state index in [-0.39, 0.29) is 0 Å². The maximum atomic E-state index is 5.79. The Labute approximate surface area is 102 Å². The van der Waals surface area contributed by atoms with Crippen molar-refractivity contribution in [1.82, 2.24) is 9.97 Å². The van der Waals surface area contributed by atoms with Gasteiger partial charge in [-0.1, -0.05) is 46.9 Å². The summed E-state index contributed by atoms with van der Waals surface area (Å²) in [4.78, 5) is 8.61. The second-order valence-electron chi connectivity index (χ2n) is 3.14. The minimum atomic E-state index is -1.53. The van der Waals surface area contributed by atoms with Gasteiger partial charge in [0.25, 0.3) is 0 Å². The molecule has 5 heteroatoms. The monoisotopic (exact) mass is 260 g/mol. The molecule has 1 heterocycles. The maximum Gasteiger partial charge on any atom is 0.234 e. The van der Waals surface area contributed by atoms with Crippen LogP contribution in [0, 0.1) is 6.92 Å². The number of para-hydroxylation sites is 2. The van der Waals surface area contributed by atoms with E-state index >= 15 is 0 Å². The van der Waals surface area contributed by atoms with E-state index in [0.717, 1.165) is 11.0 Å². The van der Waals surface area contributed by atoms with Crippen LogP contribution >= 0.6 is 34.8 Å². The zero-order valence-electron chi connectivity index (χ0n) is 7.84. The fourth-order valence-electron chi connectivity index (χ4n) is 1.36. The van der Waals surface area contributed by atoms with Crippen molar-refractivity contribution in [1.29, 1.82) is 0 Å². The quantitative estimate of drug-likeness (QED) is 0.675. The Morgan fingerprint density at radius 1 is 1.00 bits per heavy atom. The molecule has 0 fully saturated rings. The smallest absolute Gasteiger partial charge is 0.234 e. The summed E-state index contributed by atoms with van der Waals surface area (Å²) in [7, 11) is 0. The lowest BCUT2D eigenvalue weighted by atomic mass is 10.2. The molecule has 0 saturated heterocycles. The zero-order valence-corrected chi connectivity index (χ0v) is 10.1. The van der Waals surface area contributed by atoms with Crippen molar-refractivity contribution < 1.29 is 0 Å². The molecule has 2 rings (SSSR count). The summed E-state index contributed by atoms with van der Waals surface area (Å²) < 4.78 is -1.53. The molecule has 15 heavy (non-hydrogen) atoms. The highest BCUT2D eigenvalue weighted by atomic mass is 35.6. The molecule has 1 aromatic carbocycles. The molecular weight excluding hydrogens is 254 g/mol. The Morgan fingerprint density at radius 2 is 1.53 bits per heavy atom. The minimum absolute atomic E-state index is 0.381. The molecule has 78 valence electrons. The molecule has 2 nitrogen and oxygen atoms in total. The first-order chi connectivity index (χ1) is 6.98. The predicted octanol–water partition coefficient (Wildman–Crippen LogP) is 3.76. The van der Waals surface area contributed by atoms with Gasteiger partial charge in [0.15, 0.2) is 0 Å². The van der Waals surface area contributed by atoms with Crippen LogP contribution in [0.1, 0.15) is 11.4 Å². The van der Waals surface area contributed by atoms with Gasteiger partial charge in [-0.2, -0.15) is 0 Å². The van der Waals surface area contributed by atoms with E-state index in [2.05, 4.69) is 9.97 Å². The van der Waals surface area contributed by atoms with Crippen molar-refractivity contribution in [2.24, 2.45) is 0 Å². The lowest BCUT2D eigenvalue weighted by Crippen LogP contribution is -2.08. The standard InChI is InChI=1S/C10H7Cl3N2/c1-6-9(10(11,12)13)15-8-5-3-2-4-7(8)14-6/h2-5H,1H3. The Morgan fingerprint density at radius 3 is 2.07 bits per heavy atom. The molecule has 1 aromatic heterocycles. The Kier molecular flexibility index (Phi) is 2.75. The van der Waals surface area contributed by atoms with E-state index < -0.39 is 3.79 Å². The summed E-state index contributed by atoms with van der Waals surface area (Å²) in [5.74, 6) is 0. The molecule has 0 unspecified atom stereocenters. The number of benzene rings is 1. The number of aromatic nitrogens is 2. The highest BCUT2D eigenvalue weighted by Crippen LogP contribution is 2.38. The van der Waals surface area contributed by atoms with Gasteiger partial charge in [0, 0.05) is 0 Å². The van der Waals surface area contributed by atoms with Crippen molar-refractivity contribution in [3.8, 4) is 0 Å². The molecule has 0 saturated carbocycles. The van der Waals surface area contributed by atoms with Crippen LogP contribution in [0.4, 0.5) is 0 Å². The topological polar surface area (TPSA) is 25.8 Å². The predicted molar refractivity (Wildman–Crippen MR) is 63.5 cm³/mol. The van der Waals surface area contributed by atoms with E-state index in [4.69, 9.17) is 34.8 Å². The Hall–Kier alpha value is -0.570. The fourth-order valence-corrected chi connectivity index (χ4v) is 1.89. The number of fused-ring (bicyclic) bond motifs is 1. The maximum absolute atomic E-state index is 5.79. The summed E-state index contributed by atoms with van der Waals surface area (Å²) >= 11 is 17.4. The van der Waals surface area contributed by atoms with Gasteiger partial charge < -0.3 is 0 Å². The Bertz CT molecular complexity index is 505. The molecule has 0 bridgehead atoms. The van der Waals surface area contributed by atoms with Gasteiger partial charge in [-0.25, -0.2) is 9.97 Å². The van der Waals surface area contributed by atoms with Crippen LogP contribution in [0.15, 0.2) is 24.3 Å². The minimum Gasteiger partial charge on any atom is -0.249 e. The van der Waals surface area contributed by atoms with Crippen LogP contribution in [0.5, 0.6) is 0 Å². The van der Waals surface area contributed by atoms with Gasteiger partial charge >= 0.3 is 0 Å². The number of hydrogen-bond acceptors (Lipinski definition) is 2. The molecule has 0 N–H and O–H groups in total. The first-order valence-electron chi connectivity index (χ1n) is 4.29. The molecule has 2 aromatic rings. The van der Waals surface area contributed by atoms with Crippen LogP contribution in [0.25, 0.3) is 11.0 Å². The number of alkyl halides is 3. The lowest BCUT2D eigenvalue weighted by molar-refractivity contribution is 1.02. The van der Waals surface area contributed by atoms with E-state index in [0.29, 0.717) is 11.4 Å². The highest BCUT2D eigenvalue weighted by molar-refractivity contribution is 6.66. The van der Waals surface area contributed by atoms with Crippen molar-refractivity contribution >= 4 is 45.8 Å². The van der Waals surface area contributed by atoms with Crippen molar-refractivity contribution in [2.45, 2.75) is 10.7 Å². The SMILES string of the molecule is Cc1nc2ccccc2nc1C(Cl)(Cl)Cl. The number of rotatable bonds is 0. The third-order valence-corrected chi connectivity index (χ3v) is 2.55. The summed E-state index contributed by atoms with van der Waals surface area (Å²) in [5, 5.41) is 0. The van der Waals surface area contributed by atoms with Crippen molar-refractivity contribution in [2.75, 3.05) is 0 Å². The van der Waals surface area contributed by atoms with Gasteiger partial charge in [0.2, 0.25) is 3.79 Å². The molecule has 0 aliphatic carbocycles. The summed E-state index contributed by atoms with van der Waals surface area (Å²) in [6.07, 6.45) is 0. The second kappa shape index (κ2) is 3.78. The molecule has 0 amide bonds. The Balaban J connectivity index is 2.73. The second-order valence-corrected chi connectivity index (χ2v) is 5.43. The van der Waals surface area contributed by atoms with Crippen molar-refractivity contribution in [3.05, 3.63) is 35.7 Å². The zero-order chi connectivity index (χ0) is 11.1. The summed E-state index contributed by atoms with van der Waals surface area (Å²) in [6.45, 7) is 1.77. The van der Waals surface area contributed by atoms with Crippen LogP contribution in [-0.4, -0.2) is 9.97 Å². The molecule has 0 spiro atoms. The summed E-state index contributed by atoms with van der Waals surface area (Å²) in [6, 6.07) is 7.47. The lowest BCUT2D eigenvalue weighted by Gasteiger charge is -2.13. The third kappa shape index (κ3) is 2.17. The highest BCUT2D eigenvalue weighted by Gasteiger charge is 2.27. The van der Waals surface area contributed by atoms with Gasteiger partial charge in [-0.05, 0) is 19.1 Å². The van der Waals surface area contributed by atoms with Gasteiger partial charge in [-0.3, -0.25) is 0 Å². The normalized spacial score (nSPS) is 12.0. The third-order valence-electron chi connectivity index (χ3n) is 2.01. The van der Waals surface area contributed by atoms with Crippen LogP contribution in [-0.2, 0) is 3.79 Å². The molecule has 0 aliphatic heterocycles.